The smallest absolute Gasteiger partial charge is 0.193 e. The van der Waals surface area contributed by atoms with Crippen molar-refractivity contribution in [2.45, 2.75) is 122 Å². The van der Waals surface area contributed by atoms with Crippen molar-refractivity contribution in [3.8, 4) is 11.5 Å². The van der Waals surface area contributed by atoms with Crippen molar-refractivity contribution in [3.05, 3.63) is 11.1 Å². The Kier molecular flexibility index (Phi) is 7.25. The van der Waals surface area contributed by atoms with Crippen LogP contribution in [0.3, 0.4) is 0 Å². The molecule has 0 bridgehead atoms. The molecule has 2 aliphatic carbocycles. The van der Waals surface area contributed by atoms with Crippen LogP contribution in [0.5, 0.6) is 0 Å². The van der Waals surface area contributed by atoms with Gasteiger partial charge in [-0.1, -0.05) is 67.1 Å². The molecule has 6 heteroatoms. The molecule has 0 N–H and O–H groups in total. The monoisotopic (exact) mass is 478 g/mol. The average Bonchev–Trinajstić information content (AvgIpc) is 2.97. The third kappa shape index (κ3) is 5.92. The second kappa shape index (κ2) is 8.39. The van der Waals surface area contributed by atoms with E-state index in [1.807, 2.05) is 0 Å². The molecule has 0 aromatic carbocycles. The third-order valence-corrected chi connectivity index (χ3v) is 17.5. The first-order chi connectivity index (χ1) is 13.7. The predicted octanol–water partition coefficient (Wildman–Crippen LogP) is 6.94. The summed E-state index contributed by atoms with van der Waals surface area (Å²) >= 11 is 0. The molecule has 0 heterocycles. The molecule has 0 aromatic heterocycles. The summed E-state index contributed by atoms with van der Waals surface area (Å²) in [5.74, 6) is 3.78. The molecule has 176 valence electrons. The summed E-state index contributed by atoms with van der Waals surface area (Å²) in [4.78, 5) is 12.9. The van der Waals surface area contributed by atoms with Crippen molar-refractivity contribution in [2.75, 3.05) is 0 Å². The van der Waals surface area contributed by atoms with Gasteiger partial charge in [-0.25, -0.2) is 0 Å². The number of ketones is 1. The molecule has 3 atom stereocenters. The van der Waals surface area contributed by atoms with Crippen molar-refractivity contribution in [1.29, 1.82) is 0 Å². The van der Waals surface area contributed by atoms with Crippen LogP contribution >= 0.6 is 0 Å². The van der Waals surface area contributed by atoms with E-state index in [-0.39, 0.29) is 34.0 Å². The summed E-state index contributed by atoms with van der Waals surface area (Å²) in [5.41, 5.74) is 5.35. The zero-order valence-electron chi connectivity index (χ0n) is 22.4. The Labute approximate surface area is 195 Å². The number of rotatable bonds is 4. The van der Waals surface area contributed by atoms with Gasteiger partial charge in [-0.2, -0.15) is 0 Å². The van der Waals surface area contributed by atoms with E-state index in [0.717, 1.165) is 17.6 Å². The van der Waals surface area contributed by atoms with Crippen molar-refractivity contribution in [2.24, 2.45) is 5.92 Å². The molecule has 2 rings (SSSR count). The number of Topliss-reactive ketones (excluding diaryl/α,β-unsaturated/α-hetero) is 1. The van der Waals surface area contributed by atoms with Crippen LogP contribution in [0.1, 0.15) is 54.4 Å². The fourth-order valence-electron chi connectivity index (χ4n) is 3.68. The van der Waals surface area contributed by atoms with Gasteiger partial charge in [0.05, 0.1) is 17.8 Å². The summed E-state index contributed by atoms with van der Waals surface area (Å²) in [6, 6.07) is 0. The van der Waals surface area contributed by atoms with Crippen molar-refractivity contribution >= 4 is 30.5 Å². The fourth-order valence-corrected chi connectivity index (χ4v) is 6.78. The molecule has 0 amide bonds. The highest BCUT2D eigenvalue weighted by Gasteiger charge is 2.53. The summed E-state index contributed by atoms with van der Waals surface area (Å²) in [6.45, 7) is 29.6. The van der Waals surface area contributed by atoms with E-state index in [0.29, 0.717) is 6.42 Å². The van der Waals surface area contributed by atoms with Crippen LogP contribution in [0.25, 0.3) is 0 Å². The summed E-state index contributed by atoms with van der Waals surface area (Å²) in [5, 5.41) is 0.233. The number of carbonyl (C=O) groups excluding carboxylic acids is 1. The molecule has 31 heavy (non-hydrogen) atoms. The number of fused-ring (bicyclic) bond motifs is 1. The quantitative estimate of drug-likeness (QED) is 0.324. The van der Waals surface area contributed by atoms with Gasteiger partial charge in [-0.05, 0) is 54.2 Å². The lowest BCUT2D eigenvalue weighted by molar-refractivity contribution is -0.115. The van der Waals surface area contributed by atoms with Gasteiger partial charge in [0.2, 0.25) is 0 Å². The lowest BCUT2D eigenvalue weighted by atomic mass is 10.0. The van der Waals surface area contributed by atoms with Crippen LogP contribution in [-0.2, 0) is 13.6 Å². The van der Waals surface area contributed by atoms with Crippen LogP contribution in [0.2, 0.25) is 55.9 Å². The van der Waals surface area contributed by atoms with Gasteiger partial charge >= 0.3 is 0 Å². The Balaban J connectivity index is 2.56. The van der Waals surface area contributed by atoms with E-state index < -0.39 is 24.7 Å². The van der Waals surface area contributed by atoms with Crippen LogP contribution < -0.4 is 0 Å². The highest BCUT2D eigenvalue weighted by atomic mass is 28.4. The molecule has 3 nitrogen and oxygen atoms in total. The number of hydrogen-bond donors (Lipinski definition) is 0. The van der Waals surface area contributed by atoms with E-state index in [1.54, 1.807) is 0 Å². The third-order valence-electron chi connectivity index (χ3n) is 7.64. The van der Waals surface area contributed by atoms with Crippen molar-refractivity contribution in [1.82, 2.24) is 0 Å². The standard InChI is InChI=1S/C25H46O3Si3/c1-24(2,3)30(10,11)27-21-17-18-16-20(26)19(14-15-29(7,8)9)22(18)23(21)28-31(12,13)25(4,5)6/h18,21,23H,16-17H2,1-13H3/t18-,21+,23-/m0/s1. The van der Waals surface area contributed by atoms with Gasteiger partial charge in [0.1, 0.15) is 8.07 Å². The topological polar surface area (TPSA) is 35.5 Å². The maximum absolute atomic E-state index is 12.9. The van der Waals surface area contributed by atoms with E-state index in [9.17, 15) is 4.79 Å². The maximum Gasteiger partial charge on any atom is 0.193 e. The minimum Gasteiger partial charge on any atom is -0.411 e. The van der Waals surface area contributed by atoms with Crippen molar-refractivity contribution in [3.63, 3.8) is 0 Å². The fraction of sp³-hybridized carbons (Fsp3) is 0.800. The van der Waals surface area contributed by atoms with Crippen LogP contribution in [0.15, 0.2) is 11.1 Å². The number of carbonyl (C=O) groups is 1. The molecule has 0 saturated heterocycles. The Bertz CT molecular complexity index is 808. The Morgan fingerprint density at radius 3 is 1.77 bits per heavy atom. The van der Waals surface area contributed by atoms with Crippen LogP contribution in [0.4, 0.5) is 0 Å². The number of hydrogen-bond acceptors (Lipinski definition) is 3. The molecule has 0 aliphatic heterocycles. The summed E-state index contributed by atoms with van der Waals surface area (Å²) < 4.78 is 14.0. The largest absolute Gasteiger partial charge is 0.411 e. The van der Waals surface area contributed by atoms with Gasteiger partial charge in [0.25, 0.3) is 0 Å². The van der Waals surface area contributed by atoms with Gasteiger partial charge in [0.15, 0.2) is 22.4 Å². The molecule has 2 aliphatic rings. The van der Waals surface area contributed by atoms with Crippen molar-refractivity contribution < 1.29 is 13.6 Å². The highest BCUT2D eigenvalue weighted by molar-refractivity contribution is 6.84. The average molecular weight is 479 g/mol. The predicted molar refractivity (Wildman–Crippen MR) is 140 cm³/mol. The van der Waals surface area contributed by atoms with E-state index in [1.165, 1.54) is 0 Å². The molecular formula is C25H46O3Si3. The summed E-state index contributed by atoms with van der Waals surface area (Å²) in [7, 11) is -5.60. The number of allylic oxidation sites excluding steroid dienone is 1. The Morgan fingerprint density at radius 2 is 1.32 bits per heavy atom. The molecule has 0 aromatic rings. The maximum atomic E-state index is 12.9. The summed E-state index contributed by atoms with van der Waals surface area (Å²) in [6.07, 6.45) is 1.33. The zero-order valence-corrected chi connectivity index (χ0v) is 25.4. The van der Waals surface area contributed by atoms with Gasteiger partial charge in [-0.3, -0.25) is 4.79 Å². The lowest BCUT2D eigenvalue weighted by Crippen LogP contribution is -2.50. The Hall–Kier alpha value is -0.459. The first-order valence-corrected chi connectivity index (χ1v) is 21.1. The molecule has 0 unspecified atom stereocenters. The second-order valence-corrected chi connectivity index (χ2v) is 27.9. The minimum atomic E-state index is -2.05. The van der Waals surface area contributed by atoms with Gasteiger partial charge in [-0.15, -0.1) is 5.54 Å². The second-order valence-electron chi connectivity index (χ2n) is 13.6. The van der Waals surface area contributed by atoms with Crippen LogP contribution in [0, 0.1) is 17.4 Å². The molecule has 1 saturated carbocycles. The van der Waals surface area contributed by atoms with Crippen LogP contribution in [-0.4, -0.2) is 42.7 Å². The first-order valence-electron chi connectivity index (χ1n) is 11.8. The van der Waals surface area contributed by atoms with E-state index in [4.69, 9.17) is 8.85 Å². The normalized spacial score (nSPS) is 25.6. The van der Waals surface area contributed by atoms with E-state index in [2.05, 4.69) is 98.8 Å². The molecule has 0 radical (unpaired) electrons. The van der Waals surface area contributed by atoms with E-state index >= 15 is 0 Å². The highest BCUT2D eigenvalue weighted by Crippen LogP contribution is 2.50. The first kappa shape index (κ1) is 26.8. The molecular weight excluding hydrogens is 433 g/mol. The molecule has 1 fully saturated rings. The SMILES string of the molecule is CC(C)(C)[Si](C)(C)O[C@@H]1C2=C(C#C[Si](C)(C)C)C(=O)C[C@H]2C[C@H]1O[Si](C)(C)C(C)(C)C. The minimum absolute atomic E-state index is 0.0202. The lowest BCUT2D eigenvalue weighted by Gasteiger charge is -2.43. The van der Waals surface area contributed by atoms with Gasteiger partial charge < -0.3 is 8.85 Å². The van der Waals surface area contributed by atoms with Gasteiger partial charge in [0, 0.05) is 6.42 Å². The molecule has 0 spiro atoms. The zero-order chi connectivity index (χ0) is 24.2. The Morgan fingerprint density at radius 1 is 0.839 bits per heavy atom.